The van der Waals surface area contributed by atoms with Crippen LogP contribution in [0, 0.1) is 5.82 Å². The van der Waals surface area contributed by atoms with Crippen LogP contribution in [0.15, 0.2) is 38.8 Å². The first-order valence-corrected chi connectivity index (χ1v) is 6.20. The van der Waals surface area contributed by atoms with E-state index in [-0.39, 0.29) is 5.02 Å². The number of benzene rings is 1. The number of nitrogen functional groups attached to an aromatic ring is 1. The molecular weight excluding hydrogens is 253 g/mol. The Morgan fingerprint density at radius 3 is 2.87 bits per heavy atom. The van der Waals surface area contributed by atoms with E-state index in [1.54, 1.807) is 11.3 Å². The number of halogens is 2. The first-order chi connectivity index (χ1) is 7.16. The highest BCUT2D eigenvalue weighted by Crippen LogP contribution is 2.36. The fourth-order valence-corrected chi connectivity index (χ4v) is 3.01. The SMILES string of the molecule is Nc1cc(Cl)c(F)cc1Sc1cccs1. The highest BCUT2D eigenvalue weighted by molar-refractivity contribution is 8.01. The molecule has 5 heteroatoms. The van der Waals surface area contributed by atoms with Crippen molar-refractivity contribution in [2.45, 2.75) is 9.10 Å². The Kier molecular flexibility index (Phi) is 3.19. The quantitative estimate of drug-likeness (QED) is 0.815. The summed E-state index contributed by atoms with van der Waals surface area (Å²) >= 11 is 8.63. The Bertz CT molecular complexity index is 471. The molecule has 1 heterocycles. The highest BCUT2D eigenvalue weighted by Gasteiger charge is 2.08. The Morgan fingerprint density at radius 2 is 2.20 bits per heavy atom. The van der Waals surface area contributed by atoms with Crippen LogP contribution in [0.2, 0.25) is 5.02 Å². The molecule has 0 atom stereocenters. The fourth-order valence-electron chi connectivity index (χ4n) is 1.06. The van der Waals surface area contributed by atoms with Gasteiger partial charge in [0.05, 0.1) is 9.23 Å². The molecule has 0 aliphatic rings. The summed E-state index contributed by atoms with van der Waals surface area (Å²) in [6.07, 6.45) is 0. The van der Waals surface area contributed by atoms with Gasteiger partial charge in [0.25, 0.3) is 0 Å². The Morgan fingerprint density at radius 1 is 1.40 bits per heavy atom. The highest BCUT2D eigenvalue weighted by atomic mass is 35.5. The average molecular weight is 260 g/mol. The molecule has 0 saturated heterocycles. The number of thiophene rings is 1. The third-order valence-electron chi connectivity index (χ3n) is 1.76. The lowest BCUT2D eigenvalue weighted by atomic mass is 10.3. The van der Waals surface area contributed by atoms with Crippen molar-refractivity contribution in [2.24, 2.45) is 0 Å². The molecule has 0 bridgehead atoms. The third-order valence-corrected chi connectivity index (χ3v) is 4.16. The number of nitrogens with two attached hydrogens (primary N) is 1. The molecule has 1 aromatic heterocycles. The van der Waals surface area contributed by atoms with Crippen LogP contribution in [-0.4, -0.2) is 0 Å². The van der Waals surface area contributed by atoms with Gasteiger partial charge in [-0.3, -0.25) is 0 Å². The lowest BCUT2D eigenvalue weighted by Crippen LogP contribution is -1.90. The molecule has 0 radical (unpaired) electrons. The van der Waals surface area contributed by atoms with Crippen molar-refractivity contribution in [3.63, 3.8) is 0 Å². The molecule has 2 rings (SSSR count). The summed E-state index contributed by atoms with van der Waals surface area (Å²) in [6, 6.07) is 6.70. The molecule has 0 amide bonds. The van der Waals surface area contributed by atoms with Crippen molar-refractivity contribution in [1.29, 1.82) is 0 Å². The second kappa shape index (κ2) is 4.43. The molecule has 0 spiro atoms. The van der Waals surface area contributed by atoms with E-state index in [1.165, 1.54) is 23.9 Å². The van der Waals surface area contributed by atoms with Gasteiger partial charge in [-0.05, 0) is 23.6 Å². The van der Waals surface area contributed by atoms with Crippen LogP contribution >= 0.6 is 34.7 Å². The van der Waals surface area contributed by atoms with Crippen molar-refractivity contribution >= 4 is 40.4 Å². The van der Waals surface area contributed by atoms with E-state index in [4.69, 9.17) is 17.3 Å². The minimum absolute atomic E-state index is 0.0584. The van der Waals surface area contributed by atoms with Crippen LogP contribution in [0.1, 0.15) is 0 Å². The van der Waals surface area contributed by atoms with Crippen LogP contribution < -0.4 is 5.73 Å². The Balaban J connectivity index is 2.33. The number of hydrogen-bond acceptors (Lipinski definition) is 3. The van der Waals surface area contributed by atoms with Gasteiger partial charge in [-0.2, -0.15) is 0 Å². The summed E-state index contributed by atoms with van der Waals surface area (Å²) in [4.78, 5) is 0.694. The average Bonchev–Trinajstić information content (AvgIpc) is 2.67. The number of rotatable bonds is 2. The van der Waals surface area contributed by atoms with Crippen molar-refractivity contribution in [3.8, 4) is 0 Å². The topological polar surface area (TPSA) is 26.0 Å². The third kappa shape index (κ3) is 2.45. The molecule has 0 fully saturated rings. The van der Waals surface area contributed by atoms with Gasteiger partial charge in [0.2, 0.25) is 0 Å². The molecular formula is C10H7ClFNS2. The molecule has 1 nitrogen and oxygen atoms in total. The summed E-state index contributed by atoms with van der Waals surface area (Å²) in [5.41, 5.74) is 6.24. The van der Waals surface area contributed by atoms with Crippen LogP contribution in [0.5, 0.6) is 0 Å². The van der Waals surface area contributed by atoms with E-state index in [9.17, 15) is 4.39 Å². The van der Waals surface area contributed by atoms with Crippen LogP contribution in [0.25, 0.3) is 0 Å². The summed E-state index contributed by atoms with van der Waals surface area (Å²) in [5, 5.41) is 2.02. The van der Waals surface area contributed by atoms with Crippen LogP contribution in [-0.2, 0) is 0 Å². The second-order valence-electron chi connectivity index (χ2n) is 2.84. The van der Waals surface area contributed by atoms with E-state index in [0.29, 0.717) is 10.6 Å². The van der Waals surface area contributed by atoms with E-state index >= 15 is 0 Å². The molecule has 2 aromatic rings. The summed E-state index contributed by atoms with van der Waals surface area (Å²) in [7, 11) is 0. The van der Waals surface area contributed by atoms with Crippen molar-refractivity contribution in [1.82, 2.24) is 0 Å². The summed E-state index contributed by atoms with van der Waals surface area (Å²) in [5.74, 6) is -0.440. The smallest absolute Gasteiger partial charge is 0.143 e. The van der Waals surface area contributed by atoms with E-state index in [2.05, 4.69) is 0 Å². The minimum atomic E-state index is -0.440. The molecule has 0 aliphatic carbocycles. The normalized spacial score (nSPS) is 10.5. The number of anilines is 1. The van der Waals surface area contributed by atoms with Gasteiger partial charge in [0.15, 0.2) is 0 Å². The molecule has 15 heavy (non-hydrogen) atoms. The van der Waals surface area contributed by atoms with Gasteiger partial charge >= 0.3 is 0 Å². The first-order valence-electron chi connectivity index (χ1n) is 4.12. The minimum Gasteiger partial charge on any atom is -0.398 e. The van der Waals surface area contributed by atoms with Gasteiger partial charge in [-0.25, -0.2) is 4.39 Å². The van der Waals surface area contributed by atoms with Gasteiger partial charge in [-0.15, -0.1) is 11.3 Å². The summed E-state index contributed by atoms with van der Waals surface area (Å²) < 4.78 is 14.3. The van der Waals surface area contributed by atoms with Gasteiger partial charge in [-0.1, -0.05) is 29.4 Å². The number of hydrogen-bond donors (Lipinski definition) is 1. The van der Waals surface area contributed by atoms with Crippen molar-refractivity contribution in [2.75, 3.05) is 5.73 Å². The lowest BCUT2D eigenvalue weighted by Gasteiger charge is -2.04. The lowest BCUT2D eigenvalue weighted by molar-refractivity contribution is 0.625. The van der Waals surface area contributed by atoms with E-state index in [1.807, 2.05) is 17.5 Å². The fraction of sp³-hybridized carbons (Fsp3) is 0. The molecule has 0 unspecified atom stereocenters. The zero-order valence-electron chi connectivity index (χ0n) is 7.54. The van der Waals surface area contributed by atoms with Crippen molar-refractivity contribution < 1.29 is 4.39 Å². The Labute approximate surface area is 100 Å². The maximum Gasteiger partial charge on any atom is 0.143 e. The molecule has 2 N–H and O–H groups in total. The van der Waals surface area contributed by atoms with Gasteiger partial charge in [0.1, 0.15) is 5.82 Å². The molecule has 1 aromatic carbocycles. The van der Waals surface area contributed by atoms with Gasteiger partial charge < -0.3 is 5.73 Å². The summed E-state index contributed by atoms with van der Waals surface area (Å²) in [6.45, 7) is 0. The maximum atomic E-state index is 13.2. The standard InChI is InChI=1S/C10H7ClFNS2/c11-6-4-8(13)9(5-7(6)12)15-10-2-1-3-14-10/h1-5H,13H2. The van der Waals surface area contributed by atoms with Crippen molar-refractivity contribution in [3.05, 3.63) is 40.5 Å². The molecule has 78 valence electrons. The van der Waals surface area contributed by atoms with Crippen LogP contribution in [0.4, 0.5) is 10.1 Å². The molecule has 0 aliphatic heterocycles. The largest absolute Gasteiger partial charge is 0.398 e. The van der Waals surface area contributed by atoms with Crippen LogP contribution in [0.3, 0.4) is 0 Å². The van der Waals surface area contributed by atoms with Gasteiger partial charge in [0, 0.05) is 10.6 Å². The maximum absolute atomic E-state index is 13.2. The Hall–Kier alpha value is -0.710. The zero-order valence-corrected chi connectivity index (χ0v) is 9.93. The first kappa shape index (κ1) is 10.8. The monoisotopic (exact) mass is 259 g/mol. The molecule has 0 saturated carbocycles. The predicted molar refractivity (Wildman–Crippen MR) is 64.3 cm³/mol. The second-order valence-corrected chi connectivity index (χ2v) is 5.54. The predicted octanol–water partition coefficient (Wildman–Crippen LogP) is 4.27. The van der Waals surface area contributed by atoms with E-state index < -0.39 is 5.82 Å². The van der Waals surface area contributed by atoms with E-state index in [0.717, 1.165) is 4.21 Å². The zero-order chi connectivity index (χ0) is 10.8.